The van der Waals surface area contributed by atoms with Gasteiger partial charge >= 0.3 is 5.97 Å². The van der Waals surface area contributed by atoms with E-state index in [0.717, 1.165) is 18.2 Å². The molecular formula is C10H7FN2O4. The fourth-order valence-corrected chi connectivity index (χ4v) is 1.24. The Morgan fingerprint density at radius 2 is 2.29 bits per heavy atom. The van der Waals surface area contributed by atoms with E-state index in [1.165, 1.54) is 6.07 Å². The number of hydrogen-bond acceptors (Lipinski definition) is 4. The van der Waals surface area contributed by atoms with Gasteiger partial charge < -0.3 is 5.11 Å². The molecule has 1 N–H and O–H groups in total. The van der Waals surface area contributed by atoms with Gasteiger partial charge in [0, 0.05) is 18.6 Å². The van der Waals surface area contributed by atoms with E-state index in [1.54, 1.807) is 0 Å². The molecule has 17 heavy (non-hydrogen) atoms. The lowest BCUT2D eigenvalue weighted by atomic mass is 10.00. The first-order chi connectivity index (χ1) is 7.95. The first kappa shape index (κ1) is 12.6. The molecule has 7 heteroatoms. The minimum absolute atomic E-state index is 0.159. The van der Waals surface area contributed by atoms with Crippen molar-refractivity contribution < 1.29 is 19.2 Å². The number of nitro groups is 1. The predicted molar refractivity (Wildman–Crippen MR) is 53.5 cm³/mol. The smallest absolute Gasteiger partial charge is 0.321 e. The molecule has 0 fully saturated rings. The summed E-state index contributed by atoms with van der Waals surface area (Å²) in [4.78, 5) is 20.3. The van der Waals surface area contributed by atoms with E-state index in [0.29, 0.717) is 0 Å². The number of nitro benzene ring substituents is 1. The van der Waals surface area contributed by atoms with Crippen molar-refractivity contribution in [2.24, 2.45) is 5.92 Å². The first-order valence-corrected chi connectivity index (χ1v) is 4.51. The number of rotatable bonds is 4. The standard InChI is InChI=1S/C10H7FN2O4/c11-9-2-1-8(13(16)17)4-6(9)3-7(5-12)10(14)15/h1-2,4,7H,3H2,(H,14,15)/t7-/m1/s1. The SMILES string of the molecule is N#C[C@@H](Cc1cc([N+](=O)[O-])ccc1F)C(=O)O. The summed E-state index contributed by atoms with van der Waals surface area (Å²) in [6.45, 7) is 0. The number of carboxylic acid groups (broad SMARTS) is 1. The van der Waals surface area contributed by atoms with Crippen molar-refractivity contribution in [1.29, 1.82) is 5.26 Å². The fourth-order valence-electron chi connectivity index (χ4n) is 1.24. The van der Waals surface area contributed by atoms with Crippen LogP contribution in [-0.2, 0) is 11.2 Å². The molecule has 0 aliphatic carbocycles. The van der Waals surface area contributed by atoms with Crippen molar-refractivity contribution in [2.75, 3.05) is 0 Å². The van der Waals surface area contributed by atoms with Gasteiger partial charge in [0.25, 0.3) is 5.69 Å². The summed E-state index contributed by atoms with van der Waals surface area (Å²) in [5, 5.41) is 27.6. The lowest BCUT2D eigenvalue weighted by Crippen LogP contribution is -2.15. The van der Waals surface area contributed by atoms with Crippen LogP contribution in [0.2, 0.25) is 0 Å². The van der Waals surface area contributed by atoms with Crippen LogP contribution in [0.5, 0.6) is 0 Å². The third-order valence-corrected chi connectivity index (χ3v) is 2.12. The topological polar surface area (TPSA) is 104 Å². The second kappa shape index (κ2) is 5.03. The average molecular weight is 238 g/mol. The van der Waals surface area contributed by atoms with Gasteiger partial charge in [0.15, 0.2) is 0 Å². The Bertz CT molecular complexity index is 510. The van der Waals surface area contributed by atoms with Crippen LogP contribution in [0.15, 0.2) is 18.2 Å². The molecule has 1 atom stereocenters. The molecule has 0 unspecified atom stereocenters. The molecule has 0 heterocycles. The molecule has 0 aliphatic rings. The van der Waals surface area contributed by atoms with Gasteiger partial charge in [0.05, 0.1) is 11.0 Å². The number of non-ortho nitro benzene ring substituents is 1. The summed E-state index contributed by atoms with van der Waals surface area (Å²) in [6.07, 6.45) is -0.403. The largest absolute Gasteiger partial charge is 0.480 e. The van der Waals surface area contributed by atoms with E-state index in [1.807, 2.05) is 0 Å². The lowest BCUT2D eigenvalue weighted by molar-refractivity contribution is -0.385. The van der Waals surface area contributed by atoms with Crippen LogP contribution in [0.25, 0.3) is 0 Å². The third-order valence-electron chi connectivity index (χ3n) is 2.12. The van der Waals surface area contributed by atoms with Crippen LogP contribution in [-0.4, -0.2) is 16.0 Å². The summed E-state index contributed by atoms with van der Waals surface area (Å²) in [5.41, 5.74) is -0.503. The van der Waals surface area contributed by atoms with E-state index in [9.17, 15) is 19.3 Å². The second-order valence-electron chi connectivity index (χ2n) is 3.26. The average Bonchev–Trinajstić information content (AvgIpc) is 2.27. The van der Waals surface area contributed by atoms with Crippen LogP contribution in [0.3, 0.4) is 0 Å². The molecule has 0 bridgehead atoms. The summed E-state index contributed by atoms with van der Waals surface area (Å²) >= 11 is 0. The van der Waals surface area contributed by atoms with Gasteiger partial charge in [0.1, 0.15) is 11.7 Å². The number of nitrogens with zero attached hydrogens (tertiary/aromatic N) is 2. The Hall–Kier alpha value is -2.49. The maximum atomic E-state index is 13.3. The fraction of sp³-hybridized carbons (Fsp3) is 0.200. The van der Waals surface area contributed by atoms with E-state index in [-0.39, 0.29) is 11.3 Å². The second-order valence-corrected chi connectivity index (χ2v) is 3.26. The summed E-state index contributed by atoms with van der Waals surface area (Å²) < 4.78 is 13.3. The van der Waals surface area contributed by atoms with Gasteiger partial charge in [-0.05, 0) is 11.6 Å². The molecule has 0 saturated heterocycles. The maximum Gasteiger partial charge on any atom is 0.321 e. The Kier molecular flexibility index (Phi) is 3.72. The molecule has 0 spiro atoms. The number of nitriles is 1. The molecule has 88 valence electrons. The predicted octanol–water partition coefficient (Wildman–Crippen LogP) is 1.50. The molecule has 1 rings (SSSR count). The molecule has 6 nitrogen and oxygen atoms in total. The van der Waals surface area contributed by atoms with Gasteiger partial charge in [-0.3, -0.25) is 14.9 Å². The molecule has 1 aromatic rings. The third kappa shape index (κ3) is 2.98. The summed E-state index contributed by atoms with van der Waals surface area (Å²) in [7, 11) is 0. The van der Waals surface area contributed by atoms with Crippen molar-refractivity contribution in [2.45, 2.75) is 6.42 Å². The minimum atomic E-state index is -1.42. The highest BCUT2D eigenvalue weighted by Gasteiger charge is 2.20. The molecular weight excluding hydrogens is 231 g/mol. The number of carbonyl (C=O) groups is 1. The van der Waals surface area contributed by atoms with Crippen molar-refractivity contribution in [1.82, 2.24) is 0 Å². The Labute approximate surface area is 95.1 Å². The molecule has 1 aromatic carbocycles. The quantitative estimate of drug-likeness (QED) is 0.632. The number of carboxylic acids is 1. The van der Waals surface area contributed by atoms with Crippen molar-refractivity contribution >= 4 is 11.7 Å². The van der Waals surface area contributed by atoms with Crippen LogP contribution >= 0.6 is 0 Å². The van der Waals surface area contributed by atoms with Gasteiger partial charge in [-0.15, -0.1) is 0 Å². The highest BCUT2D eigenvalue weighted by atomic mass is 19.1. The molecule has 0 amide bonds. The van der Waals surface area contributed by atoms with E-state index < -0.39 is 29.0 Å². The van der Waals surface area contributed by atoms with Crippen molar-refractivity contribution in [3.8, 4) is 6.07 Å². The van der Waals surface area contributed by atoms with E-state index in [4.69, 9.17) is 10.4 Å². The Morgan fingerprint density at radius 1 is 1.65 bits per heavy atom. The van der Waals surface area contributed by atoms with Gasteiger partial charge in [-0.25, -0.2) is 4.39 Å². The maximum absolute atomic E-state index is 13.3. The highest BCUT2D eigenvalue weighted by Crippen LogP contribution is 2.19. The van der Waals surface area contributed by atoms with Gasteiger partial charge in [-0.1, -0.05) is 0 Å². The molecule has 0 saturated carbocycles. The molecule has 0 aliphatic heterocycles. The Balaban J connectivity index is 3.05. The zero-order valence-electron chi connectivity index (χ0n) is 8.46. The minimum Gasteiger partial charge on any atom is -0.480 e. The number of halogens is 1. The van der Waals surface area contributed by atoms with Crippen LogP contribution in [0, 0.1) is 33.2 Å². The van der Waals surface area contributed by atoms with Gasteiger partial charge in [0.2, 0.25) is 0 Å². The van der Waals surface area contributed by atoms with Crippen LogP contribution in [0.1, 0.15) is 5.56 Å². The van der Waals surface area contributed by atoms with E-state index >= 15 is 0 Å². The van der Waals surface area contributed by atoms with Crippen molar-refractivity contribution in [3.05, 3.63) is 39.7 Å². The zero-order chi connectivity index (χ0) is 13.0. The highest BCUT2D eigenvalue weighted by molar-refractivity contribution is 5.73. The van der Waals surface area contributed by atoms with Crippen molar-refractivity contribution in [3.63, 3.8) is 0 Å². The number of hydrogen-bond donors (Lipinski definition) is 1. The summed E-state index contributed by atoms with van der Waals surface area (Å²) in [6, 6.07) is 4.27. The number of aliphatic carboxylic acids is 1. The zero-order valence-corrected chi connectivity index (χ0v) is 8.46. The normalized spacial score (nSPS) is 11.5. The molecule has 0 radical (unpaired) electrons. The van der Waals surface area contributed by atoms with Crippen LogP contribution < -0.4 is 0 Å². The first-order valence-electron chi connectivity index (χ1n) is 4.51. The van der Waals surface area contributed by atoms with E-state index in [2.05, 4.69) is 0 Å². The lowest BCUT2D eigenvalue weighted by Gasteiger charge is -2.05. The van der Waals surface area contributed by atoms with Crippen LogP contribution in [0.4, 0.5) is 10.1 Å². The molecule has 0 aromatic heterocycles. The van der Waals surface area contributed by atoms with Gasteiger partial charge in [-0.2, -0.15) is 5.26 Å². The summed E-state index contributed by atoms with van der Waals surface area (Å²) in [5.74, 6) is -3.58. The monoisotopic (exact) mass is 238 g/mol. The Morgan fingerprint density at radius 3 is 2.76 bits per heavy atom. The number of benzene rings is 1.